The number of likely N-dealkylation sites (N-methyl/N-ethyl adjacent to an activating group) is 1. The van der Waals surface area contributed by atoms with Crippen LogP contribution in [0.2, 0.25) is 0 Å². The molecule has 1 aliphatic carbocycles. The summed E-state index contributed by atoms with van der Waals surface area (Å²) in [6.45, 7) is 4.40. The van der Waals surface area contributed by atoms with Crippen LogP contribution in [-0.2, 0) is 19.7 Å². The number of hydrogen-bond acceptors (Lipinski definition) is 5. The highest BCUT2D eigenvalue weighted by Crippen LogP contribution is 2.55. The van der Waals surface area contributed by atoms with Gasteiger partial charge in [-0.2, -0.15) is 0 Å². The average molecular weight is 530 g/mol. The number of quaternary nitrogens is 1. The molecule has 3 aromatic rings. The molecule has 1 aliphatic heterocycles. The zero-order chi connectivity index (χ0) is 27.8. The van der Waals surface area contributed by atoms with E-state index in [1.807, 2.05) is 60.7 Å². The van der Waals surface area contributed by atoms with Crippen molar-refractivity contribution >= 4 is 28.6 Å². The van der Waals surface area contributed by atoms with E-state index < -0.39 is 11.0 Å². The molecule has 7 nitrogen and oxygen atoms in total. The number of benzene rings is 3. The summed E-state index contributed by atoms with van der Waals surface area (Å²) < 4.78 is 12.5. The van der Waals surface area contributed by atoms with Crippen LogP contribution < -0.4 is 10.1 Å². The predicted molar refractivity (Wildman–Crippen MR) is 149 cm³/mol. The molecule has 0 bridgehead atoms. The standard InChI is InChI=1S/C32H36N2O5/c1-22(35)38-29-11-7-10-27(19-29)31-16-17-34(3,4)21-32(31,39-23(2)36)15-14-28(20-31)33-30(37)26-13-12-24-8-5-6-9-25(24)18-26/h5-13,18-19,28H,14-17,20-21H2,1-4H3/p+1/t28-,31-,32-/m0/s1. The first-order valence-electron chi connectivity index (χ1n) is 13.6. The second-order valence-corrected chi connectivity index (χ2v) is 11.8. The normalized spacial score (nSPS) is 25.8. The topological polar surface area (TPSA) is 81.7 Å². The smallest absolute Gasteiger partial charge is 0.308 e. The SMILES string of the molecule is CC(=O)Oc1cccc([C@@]23CC[N+](C)(C)C[C@@]2(OC(C)=O)CC[C@H](NC(=O)c2ccc4ccccc4c2)C3)c1. The summed E-state index contributed by atoms with van der Waals surface area (Å²) in [6.07, 6.45) is 2.69. The lowest BCUT2D eigenvalue weighted by Crippen LogP contribution is -2.71. The van der Waals surface area contributed by atoms with Crippen molar-refractivity contribution < 1.29 is 28.3 Å². The fourth-order valence-electron chi connectivity index (χ4n) is 6.91. The monoisotopic (exact) mass is 529 g/mol. The van der Waals surface area contributed by atoms with Crippen LogP contribution in [0.3, 0.4) is 0 Å². The number of rotatable bonds is 5. The van der Waals surface area contributed by atoms with E-state index in [4.69, 9.17) is 9.47 Å². The van der Waals surface area contributed by atoms with E-state index >= 15 is 0 Å². The van der Waals surface area contributed by atoms with Crippen LogP contribution in [0.25, 0.3) is 10.8 Å². The van der Waals surface area contributed by atoms with Gasteiger partial charge in [0.15, 0.2) is 5.60 Å². The van der Waals surface area contributed by atoms with E-state index in [1.54, 1.807) is 6.07 Å². The van der Waals surface area contributed by atoms with Crippen LogP contribution in [-0.4, -0.2) is 61.2 Å². The van der Waals surface area contributed by atoms with E-state index in [2.05, 4.69) is 19.4 Å². The maximum absolute atomic E-state index is 13.4. The summed E-state index contributed by atoms with van der Waals surface area (Å²) in [5, 5.41) is 5.41. The quantitative estimate of drug-likeness (QED) is 0.293. The van der Waals surface area contributed by atoms with E-state index in [9.17, 15) is 14.4 Å². The van der Waals surface area contributed by atoms with Crippen molar-refractivity contribution in [3.05, 3.63) is 77.9 Å². The minimum atomic E-state index is -0.750. The Bertz CT molecular complexity index is 1430. The fraction of sp³-hybridized carbons (Fsp3) is 0.406. The van der Waals surface area contributed by atoms with Crippen molar-refractivity contribution in [1.82, 2.24) is 5.32 Å². The van der Waals surface area contributed by atoms with E-state index in [0.29, 0.717) is 37.1 Å². The van der Waals surface area contributed by atoms with Crippen molar-refractivity contribution in [2.45, 2.75) is 56.6 Å². The molecular formula is C32H37N2O5+. The van der Waals surface area contributed by atoms with Crippen molar-refractivity contribution in [3.63, 3.8) is 0 Å². The molecule has 1 saturated heterocycles. The summed E-state index contributed by atoms with van der Waals surface area (Å²) in [5.41, 5.74) is 0.284. The Morgan fingerprint density at radius 1 is 0.897 bits per heavy atom. The minimum absolute atomic E-state index is 0.110. The lowest BCUT2D eigenvalue weighted by Gasteiger charge is -2.60. The molecular weight excluding hydrogens is 492 g/mol. The number of esters is 2. The summed E-state index contributed by atoms with van der Waals surface area (Å²) in [4.78, 5) is 37.7. The maximum Gasteiger partial charge on any atom is 0.308 e. The van der Waals surface area contributed by atoms with Crippen LogP contribution in [0.5, 0.6) is 5.75 Å². The van der Waals surface area contributed by atoms with E-state index in [1.165, 1.54) is 13.8 Å². The highest BCUT2D eigenvalue weighted by molar-refractivity contribution is 5.98. The number of carbonyl (C=O) groups excluding carboxylic acids is 3. The second kappa shape index (κ2) is 10.1. The van der Waals surface area contributed by atoms with Crippen molar-refractivity contribution in [1.29, 1.82) is 0 Å². The molecule has 0 spiro atoms. The Labute approximate surface area is 229 Å². The Hall–Kier alpha value is -3.71. The number of nitrogens with zero attached hydrogens (tertiary/aromatic N) is 1. The lowest BCUT2D eigenvalue weighted by molar-refractivity contribution is -0.904. The first-order valence-corrected chi connectivity index (χ1v) is 13.6. The van der Waals surface area contributed by atoms with Gasteiger partial charge in [0.2, 0.25) is 0 Å². The largest absolute Gasteiger partial charge is 0.452 e. The van der Waals surface area contributed by atoms with Gasteiger partial charge >= 0.3 is 11.9 Å². The number of amides is 1. The first-order chi connectivity index (χ1) is 18.5. The van der Waals surface area contributed by atoms with Crippen molar-refractivity contribution in [3.8, 4) is 5.75 Å². The number of ether oxygens (including phenoxy) is 2. The third-order valence-corrected chi connectivity index (χ3v) is 8.53. The number of hydrogen-bond donors (Lipinski definition) is 1. The van der Waals surface area contributed by atoms with E-state index in [-0.39, 0.29) is 23.9 Å². The third-order valence-electron chi connectivity index (χ3n) is 8.53. The van der Waals surface area contributed by atoms with E-state index in [0.717, 1.165) is 33.8 Å². The molecule has 1 saturated carbocycles. The Balaban J connectivity index is 1.51. The molecule has 1 N–H and O–H groups in total. The molecule has 204 valence electrons. The molecule has 1 amide bonds. The molecule has 39 heavy (non-hydrogen) atoms. The van der Waals surface area contributed by atoms with Crippen LogP contribution in [0.1, 0.15) is 55.5 Å². The van der Waals surface area contributed by atoms with Gasteiger partial charge in [-0.05, 0) is 59.9 Å². The Morgan fingerprint density at radius 2 is 1.67 bits per heavy atom. The number of carbonyl (C=O) groups is 3. The third kappa shape index (κ3) is 5.28. The predicted octanol–water partition coefficient (Wildman–Crippen LogP) is 4.77. The van der Waals surface area contributed by atoms with Gasteiger partial charge < -0.3 is 19.3 Å². The number of fused-ring (bicyclic) bond motifs is 2. The van der Waals surface area contributed by atoms with Gasteiger partial charge in [0.05, 0.1) is 20.6 Å². The first kappa shape index (κ1) is 26.9. The Morgan fingerprint density at radius 3 is 2.41 bits per heavy atom. The van der Waals surface area contributed by atoms with Gasteiger partial charge in [0.25, 0.3) is 5.91 Å². The van der Waals surface area contributed by atoms with Crippen LogP contribution in [0, 0.1) is 0 Å². The molecule has 1 heterocycles. The summed E-state index contributed by atoms with van der Waals surface area (Å²) in [7, 11) is 4.33. The van der Waals surface area contributed by atoms with Crippen LogP contribution in [0.4, 0.5) is 0 Å². The van der Waals surface area contributed by atoms with Crippen LogP contribution in [0.15, 0.2) is 66.7 Å². The molecule has 0 radical (unpaired) electrons. The van der Waals surface area contributed by atoms with Gasteiger partial charge in [-0.25, -0.2) is 0 Å². The van der Waals surface area contributed by atoms with Crippen LogP contribution >= 0.6 is 0 Å². The second-order valence-electron chi connectivity index (χ2n) is 11.8. The molecule has 0 aromatic heterocycles. The van der Waals surface area contributed by atoms with Gasteiger partial charge in [0.1, 0.15) is 12.3 Å². The van der Waals surface area contributed by atoms with Gasteiger partial charge in [0, 0.05) is 37.3 Å². The zero-order valence-electron chi connectivity index (χ0n) is 23.2. The molecule has 3 aromatic carbocycles. The molecule has 0 unspecified atom stereocenters. The lowest BCUT2D eigenvalue weighted by atomic mass is 9.54. The zero-order valence-corrected chi connectivity index (χ0v) is 23.2. The average Bonchev–Trinajstić information content (AvgIpc) is 2.87. The summed E-state index contributed by atoms with van der Waals surface area (Å²) >= 11 is 0. The Kier molecular flexibility index (Phi) is 6.97. The summed E-state index contributed by atoms with van der Waals surface area (Å²) in [6, 6.07) is 21.2. The van der Waals surface area contributed by atoms with Crippen molar-refractivity contribution in [2.24, 2.45) is 0 Å². The number of likely N-dealkylation sites (tertiary alicyclic amines) is 1. The van der Waals surface area contributed by atoms with Gasteiger partial charge in [-0.15, -0.1) is 0 Å². The highest BCUT2D eigenvalue weighted by Gasteiger charge is 2.64. The molecule has 3 atom stereocenters. The minimum Gasteiger partial charge on any atom is -0.452 e. The molecule has 5 rings (SSSR count). The number of piperidine rings is 1. The fourth-order valence-corrected chi connectivity index (χ4v) is 6.91. The molecule has 2 aliphatic rings. The van der Waals surface area contributed by atoms with Gasteiger partial charge in [-0.1, -0.05) is 42.5 Å². The molecule has 7 heteroatoms. The van der Waals surface area contributed by atoms with Gasteiger partial charge in [-0.3, -0.25) is 14.4 Å². The summed E-state index contributed by atoms with van der Waals surface area (Å²) in [5.74, 6) is -0.341. The van der Waals surface area contributed by atoms with Crippen molar-refractivity contribution in [2.75, 3.05) is 27.2 Å². The molecule has 2 fully saturated rings. The number of nitrogens with one attached hydrogen (secondary N) is 1. The highest BCUT2D eigenvalue weighted by atomic mass is 16.6. The maximum atomic E-state index is 13.4.